The fourth-order valence-corrected chi connectivity index (χ4v) is 1.10. The Kier molecular flexibility index (Phi) is 4.79. The van der Waals surface area contributed by atoms with Crippen LogP contribution in [-0.2, 0) is 4.74 Å². The Bertz CT molecular complexity index is 331. The molecule has 4 heteroatoms. The van der Waals surface area contributed by atoms with E-state index in [1.165, 1.54) is 7.11 Å². The summed E-state index contributed by atoms with van der Waals surface area (Å²) in [6.45, 7) is 2.44. The number of hydrogen-bond donors (Lipinski definition) is 1. The van der Waals surface area contributed by atoms with E-state index in [0.29, 0.717) is 17.9 Å². The van der Waals surface area contributed by atoms with Crippen LogP contribution in [0.3, 0.4) is 0 Å². The number of aliphatic hydroxyl groups is 1. The van der Waals surface area contributed by atoms with Crippen LogP contribution in [-0.4, -0.2) is 31.4 Å². The summed E-state index contributed by atoms with van der Waals surface area (Å²) in [6.07, 6.45) is 0. The van der Waals surface area contributed by atoms with Crippen LogP contribution in [0, 0.1) is 5.92 Å². The summed E-state index contributed by atoms with van der Waals surface area (Å²) < 4.78 is 9.99. The zero-order chi connectivity index (χ0) is 12.0. The molecule has 1 aromatic rings. The van der Waals surface area contributed by atoms with Crippen molar-refractivity contribution in [2.24, 2.45) is 5.92 Å². The fourth-order valence-electron chi connectivity index (χ4n) is 1.10. The molecule has 0 heterocycles. The van der Waals surface area contributed by atoms with Gasteiger partial charge in [-0.15, -0.1) is 0 Å². The first kappa shape index (κ1) is 12.5. The Morgan fingerprint density at radius 3 is 2.50 bits per heavy atom. The Morgan fingerprint density at radius 2 is 2.00 bits per heavy atom. The van der Waals surface area contributed by atoms with Gasteiger partial charge < -0.3 is 14.6 Å². The van der Waals surface area contributed by atoms with Gasteiger partial charge in [0, 0.05) is 12.5 Å². The van der Waals surface area contributed by atoms with Crippen LogP contribution in [0.5, 0.6) is 5.75 Å². The molecular formula is C12H16O4. The molecule has 0 aliphatic heterocycles. The van der Waals surface area contributed by atoms with Gasteiger partial charge in [0.05, 0.1) is 19.3 Å². The second kappa shape index (κ2) is 6.12. The molecule has 1 rings (SSSR count). The van der Waals surface area contributed by atoms with Crippen LogP contribution in [0.2, 0.25) is 0 Å². The SMILES string of the molecule is COC(=O)c1ccc(OCC(C)CO)cc1. The lowest BCUT2D eigenvalue weighted by Crippen LogP contribution is -2.12. The van der Waals surface area contributed by atoms with E-state index in [1.54, 1.807) is 24.3 Å². The van der Waals surface area contributed by atoms with Gasteiger partial charge in [-0.25, -0.2) is 4.79 Å². The van der Waals surface area contributed by atoms with E-state index in [2.05, 4.69) is 4.74 Å². The molecule has 0 amide bonds. The summed E-state index contributed by atoms with van der Waals surface area (Å²) in [4.78, 5) is 11.1. The molecular weight excluding hydrogens is 208 g/mol. The van der Waals surface area contributed by atoms with E-state index in [1.807, 2.05) is 6.92 Å². The number of ether oxygens (including phenoxy) is 2. The number of esters is 1. The van der Waals surface area contributed by atoms with Gasteiger partial charge in [0.1, 0.15) is 5.75 Å². The summed E-state index contributed by atoms with van der Waals surface area (Å²) >= 11 is 0. The van der Waals surface area contributed by atoms with Gasteiger partial charge in [0.15, 0.2) is 0 Å². The molecule has 4 nitrogen and oxygen atoms in total. The number of carbonyl (C=O) groups is 1. The van der Waals surface area contributed by atoms with Gasteiger partial charge in [-0.1, -0.05) is 6.92 Å². The lowest BCUT2D eigenvalue weighted by Gasteiger charge is -2.10. The minimum atomic E-state index is -0.365. The molecule has 0 spiro atoms. The van der Waals surface area contributed by atoms with Crippen LogP contribution in [0.15, 0.2) is 24.3 Å². The normalized spacial score (nSPS) is 11.9. The zero-order valence-electron chi connectivity index (χ0n) is 9.47. The van der Waals surface area contributed by atoms with E-state index in [0.717, 1.165) is 0 Å². The average molecular weight is 224 g/mol. The highest BCUT2D eigenvalue weighted by Crippen LogP contribution is 2.13. The largest absolute Gasteiger partial charge is 0.493 e. The van der Waals surface area contributed by atoms with Crippen LogP contribution in [0.4, 0.5) is 0 Å². The third-order valence-corrected chi connectivity index (χ3v) is 2.12. The molecule has 1 aromatic carbocycles. The Labute approximate surface area is 94.8 Å². The molecule has 0 radical (unpaired) electrons. The predicted molar refractivity (Wildman–Crippen MR) is 59.5 cm³/mol. The molecule has 0 aromatic heterocycles. The third-order valence-electron chi connectivity index (χ3n) is 2.12. The van der Waals surface area contributed by atoms with Crippen molar-refractivity contribution < 1.29 is 19.4 Å². The maximum Gasteiger partial charge on any atom is 0.337 e. The lowest BCUT2D eigenvalue weighted by atomic mass is 10.2. The van der Waals surface area contributed by atoms with Gasteiger partial charge in [-0.2, -0.15) is 0 Å². The fraction of sp³-hybridized carbons (Fsp3) is 0.417. The molecule has 88 valence electrons. The first-order valence-corrected chi connectivity index (χ1v) is 5.09. The van der Waals surface area contributed by atoms with Gasteiger partial charge in [0.25, 0.3) is 0 Å². The van der Waals surface area contributed by atoms with E-state index in [-0.39, 0.29) is 18.5 Å². The van der Waals surface area contributed by atoms with Gasteiger partial charge in [-0.05, 0) is 24.3 Å². The Balaban J connectivity index is 2.54. The zero-order valence-corrected chi connectivity index (χ0v) is 9.47. The number of carbonyl (C=O) groups excluding carboxylic acids is 1. The molecule has 1 unspecified atom stereocenters. The van der Waals surface area contributed by atoms with Gasteiger partial charge in [-0.3, -0.25) is 0 Å². The third kappa shape index (κ3) is 3.55. The van der Waals surface area contributed by atoms with Crippen LogP contribution >= 0.6 is 0 Å². The van der Waals surface area contributed by atoms with E-state index in [4.69, 9.17) is 9.84 Å². The van der Waals surface area contributed by atoms with Crippen molar-refractivity contribution in [3.05, 3.63) is 29.8 Å². The first-order valence-electron chi connectivity index (χ1n) is 5.09. The van der Waals surface area contributed by atoms with Crippen molar-refractivity contribution in [1.29, 1.82) is 0 Å². The summed E-state index contributed by atoms with van der Waals surface area (Å²) in [5.41, 5.74) is 0.491. The van der Waals surface area contributed by atoms with Crippen LogP contribution in [0.1, 0.15) is 17.3 Å². The number of benzene rings is 1. The van der Waals surface area contributed by atoms with Crippen molar-refractivity contribution >= 4 is 5.97 Å². The molecule has 0 saturated heterocycles. The first-order chi connectivity index (χ1) is 7.67. The predicted octanol–water partition coefficient (Wildman–Crippen LogP) is 1.48. The molecule has 0 fully saturated rings. The van der Waals surface area contributed by atoms with Crippen molar-refractivity contribution in [2.45, 2.75) is 6.92 Å². The summed E-state index contributed by atoms with van der Waals surface area (Å²) in [5.74, 6) is 0.406. The highest BCUT2D eigenvalue weighted by atomic mass is 16.5. The minimum Gasteiger partial charge on any atom is -0.493 e. The van der Waals surface area contributed by atoms with Gasteiger partial charge >= 0.3 is 5.97 Å². The second-order valence-electron chi connectivity index (χ2n) is 3.61. The number of aliphatic hydroxyl groups excluding tert-OH is 1. The number of hydrogen-bond acceptors (Lipinski definition) is 4. The monoisotopic (exact) mass is 224 g/mol. The van der Waals surface area contributed by atoms with Crippen molar-refractivity contribution in [1.82, 2.24) is 0 Å². The molecule has 0 bridgehead atoms. The molecule has 0 aliphatic rings. The molecule has 0 saturated carbocycles. The summed E-state index contributed by atoms with van der Waals surface area (Å²) in [5, 5.41) is 8.82. The lowest BCUT2D eigenvalue weighted by molar-refractivity contribution is 0.0600. The summed E-state index contributed by atoms with van der Waals surface area (Å²) in [6, 6.07) is 6.70. The Hall–Kier alpha value is -1.55. The number of rotatable bonds is 5. The quantitative estimate of drug-likeness (QED) is 0.770. The van der Waals surface area contributed by atoms with E-state index < -0.39 is 0 Å². The minimum absolute atomic E-state index is 0.0975. The topological polar surface area (TPSA) is 55.8 Å². The highest BCUT2D eigenvalue weighted by Gasteiger charge is 2.05. The molecule has 1 N–H and O–H groups in total. The highest BCUT2D eigenvalue weighted by molar-refractivity contribution is 5.89. The van der Waals surface area contributed by atoms with Crippen molar-refractivity contribution in [2.75, 3.05) is 20.3 Å². The number of methoxy groups -OCH3 is 1. The van der Waals surface area contributed by atoms with Crippen LogP contribution in [0.25, 0.3) is 0 Å². The molecule has 1 atom stereocenters. The van der Waals surface area contributed by atoms with E-state index >= 15 is 0 Å². The Morgan fingerprint density at radius 1 is 1.38 bits per heavy atom. The van der Waals surface area contributed by atoms with Crippen molar-refractivity contribution in [3.63, 3.8) is 0 Å². The van der Waals surface area contributed by atoms with Crippen LogP contribution < -0.4 is 4.74 Å². The molecule has 0 aliphatic carbocycles. The van der Waals surface area contributed by atoms with E-state index in [9.17, 15) is 4.79 Å². The average Bonchev–Trinajstić information content (AvgIpc) is 2.35. The summed E-state index contributed by atoms with van der Waals surface area (Å²) in [7, 11) is 1.34. The van der Waals surface area contributed by atoms with Gasteiger partial charge in [0.2, 0.25) is 0 Å². The second-order valence-corrected chi connectivity index (χ2v) is 3.61. The maximum absolute atomic E-state index is 11.1. The molecule has 16 heavy (non-hydrogen) atoms. The smallest absolute Gasteiger partial charge is 0.337 e. The standard InChI is InChI=1S/C12H16O4/c1-9(7-13)8-16-11-5-3-10(4-6-11)12(14)15-2/h3-6,9,13H,7-8H2,1-2H3. The maximum atomic E-state index is 11.1. The van der Waals surface area contributed by atoms with Crippen molar-refractivity contribution in [3.8, 4) is 5.75 Å².